The summed E-state index contributed by atoms with van der Waals surface area (Å²) in [5.41, 5.74) is 0. The Bertz CT molecular complexity index is 182. The molecule has 1 nitrogen and oxygen atoms in total. The molecule has 0 spiro atoms. The fourth-order valence-corrected chi connectivity index (χ4v) is 2.13. The molecule has 0 unspecified atom stereocenters. The molecule has 0 heterocycles. The number of rotatable bonds is 4. The fraction of sp³-hybridized carbons (Fsp3) is 0.750. The van der Waals surface area contributed by atoms with E-state index in [4.69, 9.17) is 5.26 Å². The Labute approximate surface area is 81.5 Å². The first-order valence-electron chi connectivity index (χ1n) is 5.37. The van der Waals surface area contributed by atoms with E-state index in [-0.39, 0.29) is 0 Å². The summed E-state index contributed by atoms with van der Waals surface area (Å²) in [4.78, 5) is 0. The van der Waals surface area contributed by atoms with Gasteiger partial charge in [-0.25, -0.2) is 0 Å². The number of hydrogen-bond acceptors (Lipinski definition) is 1. The molecule has 72 valence electrons. The highest BCUT2D eigenvalue weighted by Crippen LogP contribution is 2.31. The maximum Gasteiger partial charge on any atom is 0.0655 e. The molecule has 0 aromatic rings. The van der Waals surface area contributed by atoms with Crippen LogP contribution in [0.1, 0.15) is 44.9 Å². The third-order valence-electron chi connectivity index (χ3n) is 3.05. The van der Waals surface area contributed by atoms with Crippen LogP contribution in [0.2, 0.25) is 0 Å². The van der Waals surface area contributed by atoms with Crippen molar-refractivity contribution in [3.63, 3.8) is 0 Å². The average molecular weight is 177 g/mol. The van der Waals surface area contributed by atoms with Gasteiger partial charge in [-0.3, -0.25) is 0 Å². The number of unbranched alkanes of at least 4 members (excludes halogenated alkanes) is 1. The first kappa shape index (κ1) is 10.3. The van der Waals surface area contributed by atoms with E-state index in [1.807, 2.05) is 6.08 Å². The standard InChI is InChI=1S/C12H19N/c1-2-3-4-5-11-6-8-12(10-13)9-7-11/h2,11-12H,1,3-9H2. The molecule has 1 saturated carbocycles. The van der Waals surface area contributed by atoms with Crippen molar-refractivity contribution in [2.75, 3.05) is 0 Å². The molecule has 13 heavy (non-hydrogen) atoms. The highest BCUT2D eigenvalue weighted by atomic mass is 14.3. The summed E-state index contributed by atoms with van der Waals surface area (Å²) in [6, 6.07) is 2.38. The number of nitrogens with zero attached hydrogens (tertiary/aromatic N) is 1. The van der Waals surface area contributed by atoms with Crippen LogP contribution in [0, 0.1) is 23.2 Å². The van der Waals surface area contributed by atoms with Gasteiger partial charge in [-0.15, -0.1) is 6.58 Å². The number of hydrogen-bond donors (Lipinski definition) is 0. The van der Waals surface area contributed by atoms with Crippen LogP contribution >= 0.6 is 0 Å². The van der Waals surface area contributed by atoms with Gasteiger partial charge in [0.15, 0.2) is 0 Å². The van der Waals surface area contributed by atoms with Gasteiger partial charge in [0.1, 0.15) is 0 Å². The zero-order valence-electron chi connectivity index (χ0n) is 8.34. The van der Waals surface area contributed by atoms with E-state index in [2.05, 4.69) is 12.6 Å². The molecule has 1 aliphatic rings. The molecule has 0 aliphatic heterocycles. The zero-order valence-corrected chi connectivity index (χ0v) is 8.34. The van der Waals surface area contributed by atoms with Crippen LogP contribution < -0.4 is 0 Å². The smallest absolute Gasteiger partial charge is 0.0655 e. The number of nitriles is 1. The summed E-state index contributed by atoms with van der Waals surface area (Å²) >= 11 is 0. The zero-order chi connectivity index (χ0) is 9.52. The van der Waals surface area contributed by atoms with Crippen LogP contribution in [-0.2, 0) is 0 Å². The van der Waals surface area contributed by atoms with E-state index in [1.165, 1.54) is 25.7 Å². The summed E-state index contributed by atoms with van der Waals surface area (Å²) < 4.78 is 0. The molecule has 0 bridgehead atoms. The molecule has 1 rings (SSSR count). The Hall–Kier alpha value is -0.770. The molecule has 0 aromatic heterocycles. The first-order chi connectivity index (χ1) is 6.36. The monoisotopic (exact) mass is 177 g/mol. The van der Waals surface area contributed by atoms with Crippen molar-refractivity contribution in [3.8, 4) is 6.07 Å². The second-order valence-corrected chi connectivity index (χ2v) is 4.07. The Morgan fingerprint density at radius 1 is 1.31 bits per heavy atom. The molecule has 0 amide bonds. The predicted octanol–water partition coefficient (Wildman–Crippen LogP) is 3.67. The van der Waals surface area contributed by atoms with Crippen LogP contribution in [0.15, 0.2) is 12.7 Å². The van der Waals surface area contributed by atoms with Crippen LogP contribution in [0.25, 0.3) is 0 Å². The highest BCUT2D eigenvalue weighted by molar-refractivity contribution is 4.87. The molecule has 0 N–H and O–H groups in total. The Morgan fingerprint density at radius 2 is 2.00 bits per heavy atom. The average Bonchev–Trinajstić information content (AvgIpc) is 2.19. The molecular formula is C12H19N. The van der Waals surface area contributed by atoms with Gasteiger partial charge in [-0.05, 0) is 44.4 Å². The summed E-state index contributed by atoms with van der Waals surface area (Å²) in [5, 5.41) is 8.73. The van der Waals surface area contributed by atoms with E-state index >= 15 is 0 Å². The van der Waals surface area contributed by atoms with Crippen LogP contribution in [-0.4, -0.2) is 0 Å². The molecule has 0 aromatic carbocycles. The normalized spacial score (nSPS) is 27.9. The van der Waals surface area contributed by atoms with Gasteiger partial charge in [0.05, 0.1) is 6.07 Å². The third-order valence-corrected chi connectivity index (χ3v) is 3.05. The second kappa shape index (κ2) is 5.80. The second-order valence-electron chi connectivity index (χ2n) is 4.07. The summed E-state index contributed by atoms with van der Waals surface area (Å²) in [5.74, 6) is 1.25. The van der Waals surface area contributed by atoms with E-state index in [9.17, 15) is 0 Å². The van der Waals surface area contributed by atoms with Gasteiger partial charge >= 0.3 is 0 Å². The van der Waals surface area contributed by atoms with E-state index in [0.29, 0.717) is 5.92 Å². The van der Waals surface area contributed by atoms with E-state index in [1.54, 1.807) is 0 Å². The van der Waals surface area contributed by atoms with Crippen molar-refractivity contribution in [1.82, 2.24) is 0 Å². The van der Waals surface area contributed by atoms with Crippen molar-refractivity contribution in [2.24, 2.45) is 11.8 Å². The van der Waals surface area contributed by atoms with Gasteiger partial charge in [0.2, 0.25) is 0 Å². The SMILES string of the molecule is C=CCCCC1CCC(C#N)CC1. The minimum Gasteiger partial charge on any atom is -0.198 e. The lowest BCUT2D eigenvalue weighted by molar-refractivity contribution is 0.296. The minimum absolute atomic E-state index is 0.357. The molecule has 1 fully saturated rings. The van der Waals surface area contributed by atoms with Crippen molar-refractivity contribution in [2.45, 2.75) is 44.9 Å². The van der Waals surface area contributed by atoms with Crippen molar-refractivity contribution in [1.29, 1.82) is 5.26 Å². The van der Waals surface area contributed by atoms with Crippen molar-refractivity contribution in [3.05, 3.63) is 12.7 Å². The lowest BCUT2D eigenvalue weighted by atomic mass is 9.80. The van der Waals surface area contributed by atoms with Gasteiger partial charge in [-0.2, -0.15) is 5.26 Å². The Balaban J connectivity index is 2.11. The summed E-state index contributed by atoms with van der Waals surface area (Å²) in [7, 11) is 0. The molecule has 0 radical (unpaired) electrons. The van der Waals surface area contributed by atoms with Gasteiger partial charge in [-0.1, -0.05) is 12.5 Å². The van der Waals surface area contributed by atoms with Crippen molar-refractivity contribution < 1.29 is 0 Å². The lowest BCUT2D eigenvalue weighted by Crippen LogP contribution is -2.13. The Morgan fingerprint density at radius 3 is 2.54 bits per heavy atom. The third kappa shape index (κ3) is 3.63. The van der Waals surface area contributed by atoms with E-state index in [0.717, 1.165) is 25.2 Å². The summed E-state index contributed by atoms with van der Waals surface area (Å²) in [6.45, 7) is 3.73. The van der Waals surface area contributed by atoms with Crippen molar-refractivity contribution >= 4 is 0 Å². The lowest BCUT2D eigenvalue weighted by Gasteiger charge is -2.24. The van der Waals surface area contributed by atoms with Crippen LogP contribution in [0.4, 0.5) is 0 Å². The molecule has 1 heteroatoms. The van der Waals surface area contributed by atoms with Gasteiger partial charge in [0.25, 0.3) is 0 Å². The molecule has 1 aliphatic carbocycles. The van der Waals surface area contributed by atoms with Gasteiger partial charge in [0, 0.05) is 5.92 Å². The highest BCUT2D eigenvalue weighted by Gasteiger charge is 2.19. The number of allylic oxidation sites excluding steroid dienone is 1. The predicted molar refractivity (Wildman–Crippen MR) is 55.1 cm³/mol. The first-order valence-corrected chi connectivity index (χ1v) is 5.37. The Kier molecular flexibility index (Phi) is 4.60. The molecular weight excluding hydrogens is 158 g/mol. The largest absolute Gasteiger partial charge is 0.198 e. The van der Waals surface area contributed by atoms with E-state index < -0.39 is 0 Å². The maximum absolute atomic E-state index is 8.73. The molecule has 0 saturated heterocycles. The van der Waals surface area contributed by atoms with Crippen LogP contribution in [0.3, 0.4) is 0 Å². The molecule has 0 atom stereocenters. The summed E-state index contributed by atoms with van der Waals surface area (Å²) in [6.07, 6.45) is 10.6. The fourth-order valence-electron chi connectivity index (χ4n) is 2.13. The quantitative estimate of drug-likeness (QED) is 0.474. The maximum atomic E-state index is 8.73. The topological polar surface area (TPSA) is 23.8 Å². The van der Waals surface area contributed by atoms with Crippen LogP contribution in [0.5, 0.6) is 0 Å². The minimum atomic E-state index is 0.357. The van der Waals surface area contributed by atoms with Gasteiger partial charge < -0.3 is 0 Å².